The number of methoxy groups -OCH3 is 1. The minimum Gasteiger partial charge on any atom is -0.497 e. The molecular weight excluding hydrogens is 454 g/mol. The molecule has 3 heterocycles. The highest BCUT2D eigenvalue weighted by molar-refractivity contribution is 7.89. The molecule has 2 aromatic carbocycles. The van der Waals surface area contributed by atoms with Crippen LogP contribution in [0.1, 0.15) is 21.7 Å². The van der Waals surface area contributed by atoms with Crippen molar-refractivity contribution in [3.05, 3.63) is 65.5 Å². The number of amides is 1. The largest absolute Gasteiger partial charge is 0.497 e. The maximum absolute atomic E-state index is 13.4. The minimum absolute atomic E-state index is 0.177. The predicted octanol–water partition coefficient (Wildman–Crippen LogP) is 3.75. The number of furan rings is 1. The third-order valence-corrected chi connectivity index (χ3v) is 8.17. The molecule has 0 N–H and O–H groups in total. The third kappa shape index (κ3) is 3.70. The van der Waals surface area contributed by atoms with Gasteiger partial charge < -0.3 is 14.1 Å². The topological polar surface area (TPSA) is 93.0 Å². The first-order chi connectivity index (χ1) is 16.3. The van der Waals surface area contributed by atoms with Gasteiger partial charge in [0.05, 0.1) is 18.2 Å². The lowest BCUT2D eigenvalue weighted by atomic mass is 10.1. The summed E-state index contributed by atoms with van der Waals surface area (Å²) in [7, 11) is -2.19. The van der Waals surface area contributed by atoms with Crippen LogP contribution in [0.3, 0.4) is 0 Å². The molecule has 4 aromatic rings. The quantitative estimate of drug-likeness (QED) is 0.443. The summed E-state index contributed by atoms with van der Waals surface area (Å²) in [6.45, 7) is 4.65. The van der Waals surface area contributed by atoms with Gasteiger partial charge in [-0.2, -0.15) is 4.31 Å². The van der Waals surface area contributed by atoms with Crippen LogP contribution in [-0.2, 0) is 10.0 Å². The van der Waals surface area contributed by atoms with Crippen LogP contribution < -0.4 is 4.74 Å². The van der Waals surface area contributed by atoms with Crippen molar-refractivity contribution in [2.45, 2.75) is 18.7 Å². The Morgan fingerprint density at radius 3 is 2.56 bits per heavy atom. The van der Waals surface area contributed by atoms with Gasteiger partial charge in [-0.1, -0.05) is 12.1 Å². The minimum atomic E-state index is -3.76. The number of benzene rings is 2. The average molecular weight is 480 g/mol. The van der Waals surface area contributed by atoms with E-state index in [9.17, 15) is 13.2 Å². The summed E-state index contributed by atoms with van der Waals surface area (Å²) in [5.74, 6) is 0.987. The number of para-hydroxylation sites is 1. The molecule has 0 unspecified atom stereocenters. The molecule has 34 heavy (non-hydrogen) atoms. The summed E-state index contributed by atoms with van der Waals surface area (Å²) in [5, 5.41) is 1.47. The Bertz CT molecular complexity index is 1520. The average Bonchev–Trinajstić information content (AvgIpc) is 3.17. The van der Waals surface area contributed by atoms with Gasteiger partial charge in [-0.25, -0.2) is 8.42 Å². The van der Waals surface area contributed by atoms with Crippen LogP contribution in [0, 0.1) is 13.8 Å². The molecule has 1 saturated heterocycles. The fourth-order valence-electron chi connectivity index (χ4n) is 4.47. The number of sulfonamides is 1. The third-order valence-electron chi connectivity index (χ3n) is 6.24. The second-order valence-electron chi connectivity index (χ2n) is 8.43. The van der Waals surface area contributed by atoms with E-state index in [1.807, 2.05) is 19.1 Å². The number of fused-ring (bicyclic) bond motifs is 2. The number of hydrogen-bond acceptors (Lipinski definition) is 6. The number of hydrogen-bond donors (Lipinski definition) is 0. The summed E-state index contributed by atoms with van der Waals surface area (Å²) >= 11 is 0. The molecule has 1 aliphatic heterocycles. The number of aromatic nitrogens is 1. The lowest BCUT2D eigenvalue weighted by molar-refractivity contribution is 0.0698. The molecular formula is C25H25N3O5S. The number of aryl methyl sites for hydroxylation is 2. The fourth-order valence-corrected chi connectivity index (χ4v) is 6.06. The van der Waals surface area contributed by atoms with Gasteiger partial charge in [0.1, 0.15) is 22.0 Å². The van der Waals surface area contributed by atoms with Gasteiger partial charge in [-0.15, -0.1) is 0 Å². The highest BCUT2D eigenvalue weighted by Gasteiger charge is 2.33. The van der Waals surface area contributed by atoms with Crippen molar-refractivity contribution in [1.29, 1.82) is 0 Å². The van der Waals surface area contributed by atoms with Gasteiger partial charge in [-0.3, -0.25) is 9.78 Å². The van der Waals surface area contributed by atoms with Crippen molar-refractivity contribution >= 4 is 37.8 Å². The molecule has 0 bridgehead atoms. The summed E-state index contributed by atoms with van der Waals surface area (Å²) in [5.41, 5.74) is 2.52. The SMILES string of the molecule is COc1ccc2oc(C)c(C(=O)N3CCN(S(=O)(=O)c4cccc5cc(C)cnc45)CC3)c2c1. The van der Waals surface area contributed by atoms with Crippen LogP contribution >= 0.6 is 0 Å². The molecule has 0 atom stereocenters. The van der Waals surface area contributed by atoms with Gasteiger partial charge in [0.25, 0.3) is 5.91 Å². The smallest absolute Gasteiger partial charge is 0.258 e. The molecule has 176 valence electrons. The van der Waals surface area contributed by atoms with E-state index in [1.54, 1.807) is 55.5 Å². The molecule has 0 saturated carbocycles. The molecule has 8 nitrogen and oxygen atoms in total. The van der Waals surface area contributed by atoms with Crippen molar-refractivity contribution in [1.82, 2.24) is 14.2 Å². The van der Waals surface area contributed by atoms with Crippen molar-refractivity contribution in [2.75, 3.05) is 33.3 Å². The van der Waals surface area contributed by atoms with E-state index in [-0.39, 0.29) is 37.0 Å². The van der Waals surface area contributed by atoms with Crippen molar-refractivity contribution in [3.63, 3.8) is 0 Å². The van der Waals surface area contributed by atoms with Gasteiger partial charge in [-0.05, 0) is 49.7 Å². The Hall–Kier alpha value is -3.43. The van der Waals surface area contributed by atoms with E-state index in [0.29, 0.717) is 33.6 Å². The summed E-state index contributed by atoms with van der Waals surface area (Å²) in [6, 6.07) is 12.5. The van der Waals surface area contributed by atoms with Gasteiger partial charge in [0.2, 0.25) is 10.0 Å². The van der Waals surface area contributed by atoms with E-state index < -0.39 is 10.0 Å². The predicted molar refractivity (Wildman–Crippen MR) is 129 cm³/mol. The first-order valence-electron chi connectivity index (χ1n) is 11.0. The molecule has 9 heteroatoms. The maximum Gasteiger partial charge on any atom is 0.258 e. The van der Waals surface area contributed by atoms with Crippen LogP contribution in [-0.4, -0.2) is 61.8 Å². The van der Waals surface area contributed by atoms with Crippen LogP contribution in [0.2, 0.25) is 0 Å². The van der Waals surface area contributed by atoms with Crippen LogP contribution in [0.4, 0.5) is 0 Å². The molecule has 1 amide bonds. The lowest BCUT2D eigenvalue weighted by Gasteiger charge is -2.34. The molecule has 1 fully saturated rings. The maximum atomic E-state index is 13.4. The standard InChI is InChI=1S/C25H25N3O5S/c1-16-13-18-5-4-6-22(24(18)26-15-16)34(30,31)28-11-9-27(10-12-28)25(29)23-17(2)33-21-8-7-19(32-3)14-20(21)23/h4-8,13-15H,9-12H2,1-3H3. The highest BCUT2D eigenvalue weighted by atomic mass is 32.2. The lowest BCUT2D eigenvalue weighted by Crippen LogP contribution is -2.50. The summed E-state index contributed by atoms with van der Waals surface area (Å²) in [4.78, 5) is 19.6. The van der Waals surface area contributed by atoms with Crippen LogP contribution in [0.15, 0.2) is 58.0 Å². The Balaban J connectivity index is 1.39. The zero-order chi connectivity index (χ0) is 24.0. The van der Waals surface area contributed by atoms with Crippen LogP contribution in [0.25, 0.3) is 21.9 Å². The molecule has 5 rings (SSSR count). The van der Waals surface area contributed by atoms with E-state index >= 15 is 0 Å². The van der Waals surface area contributed by atoms with E-state index in [2.05, 4.69) is 4.98 Å². The number of carbonyl (C=O) groups excluding carboxylic acids is 1. The van der Waals surface area contributed by atoms with Gasteiger partial charge >= 0.3 is 0 Å². The number of carbonyl (C=O) groups is 1. The molecule has 0 radical (unpaired) electrons. The Kier molecular flexibility index (Phi) is 5.53. The van der Waals surface area contributed by atoms with Gasteiger partial charge in [0.15, 0.2) is 0 Å². The van der Waals surface area contributed by atoms with Gasteiger partial charge in [0, 0.05) is 43.1 Å². The second kappa shape index (κ2) is 8.41. The Morgan fingerprint density at radius 1 is 1.06 bits per heavy atom. The number of nitrogens with zero attached hydrogens (tertiary/aromatic N) is 3. The van der Waals surface area contributed by atoms with Crippen molar-refractivity contribution in [2.24, 2.45) is 0 Å². The van der Waals surface area contributed by atoms with E-state index in [1.165, 1.54) is 4.31 Å². The monoisotopic (exact) mass is 479 g/mol. The fraction of sp³-hybridized carbons (Fsp3) is 0.280. The summed E-state index contributed by atoms with van der Waals surface area (Å²) in [6.07, 6.45) is 1.67. The summed E-state index contributed by atoms with van der Waals surface area (Å²) < 4.78 is 39.4. The molecule has 1 aliphatic rings. The number of pyridine rings is 1. The van der Waals surface area contributed by atoms with E-state index in [0.717, 1.165) is 10.9 Å². The zero-order valence-electron chi connectivity index (χ0n) is 19.2. The van der Waals surface area contributed by atoms with Crippen molar-refractivity contribution in [3.8, 4) is 5.75 Å². The number of ether oxygens (including phenoxy) is 1. The normalized spacial score (nSPS) is 15.2. The Morgan fingerprint density at radius 2 is 1.82 bits per heavy atom. The molecule has 0 aliphatic carbocycles. The number of piperazine rings is 1. The molecule has 2 aromatic heterocycles. The van der Waals surface area contributed by atoms with Crippen LogP contribution in [0.5, 0.6) is 5.75 Å². The Labute approximate surface area is 197 Å². The van der Waals surface area contributed by atoms with E-state index in [4.69, 9.17) is 9.15 Å². The second-order valence-corrected chi connectivity index (χ2v) is 10.3. The molecule has 0 spiro atoms. The number of rotatable bonds is 4. The zero-order valence-corrected chi connectivity index (χ0v) is 20.1. The first kappa shape index (κ1) is 22.4. The van der Waals surface area contributed by atoms with Crippen molar-refractivity contribution < 1.29 is 22.4 Å². The highest BCUT2D eigenvalue weighted by Crippen LogP contribution is 2.31. The first-order valence-corrected chi connectivity index (χ1v) is 12.5.